The van der Waals surface area contributed by atoms with E-state index < -0.39 is 0 Å². The van der Waals surface area contributed by atoms with Gasteiger partial charge < -0.3 is 20.1 Å². The fraction of sp³-hybridized carbons (Fsp3) is 0.429. The Morgan fingerprint density at radius 1 is 1.10 bits per heavy atom. The van der Waals surface area contributed by atoms with Crippen LogP contribution in [0.1, 0.15) is 24.2 Å². The van der Waals surface area contributed by atoms with Gasteiger partial charge in [0.25, 0.3) is 5.91 Å². The van der Waals surface area contributed by atoms with Gasteiger partial charge in [-0.05, 0) is 32.0 Å². The Kier molecular flexibility index (Phi) is 6.36. The molecule has 0 radical (unpaired) electrons. The maximum absolute atomic E-state index is 11.9. The Hall–Kier alpha value is -2.24. The third-order valence-corrected chi connectivity index (χ3v) is 2.49. The molecule has 0 aliphatic heterocycles. The summed E-state index contributed by atoms with van der Waals surface area (Å²) in [5.74, 6) is 0.520. The van der Waals surface area contributed by atoms with Crippen LogP contribution in [0.4, 0.5) is 0 Å². The zero-order chi connectivity index (χ0) is 15.0. The minimum atomic E-state index is -0.336. The third kappa shape index (κ3) is 4.46. The summed E-state index contributed by atoms with van der Waals surface area (Å²) >= 11 is 0. The van der Waals surface area contributed by atoms with Crippen LogP contribution < -0.4 is 20.1 Å². The van der Waals surface area contributed by atoms with E-state index >= 15 is 0 Å². The molecule has 0 fully saturated rings. The molecule has 1 rings (SSSR count). The lowest BCUT2D eigenvalue weighted by Gasteiger charge is -2.12. The van der Waals surface area contributed by atoms with Crippen LogP contribution in [-0.4, -0.2) is 38.6 Å². The molecule has 1 aromatic rings. The summed E-state index contributed by atoms with van der Waals surface area (Å²) in [7, 11) is 1.51. The number of likely N-dealkylation sites (N-methyl/N-ethyl adjacent to an activating group) is 1. The molecule has 110 valence electrons. The zero-order valence-corrected chi connectivity index (χ0v) is 12.0. The molecule has 0 unspecified atom stereocenters. The molecule has 0 atom stereocenters. The van der Waals surface area contributed by atoms with Gasteiger partial charge in [0, 0.05) is 12.6 Å². The van der Waals surface area contributed by atoms with Crippen molar-refractivity contribution in [3.8, 4) is 11.5 Å². The van der Waals surface area contributed by atoms with Crippen molar-refractivity contribution in [2.24, 2.45) is 0 Å². The minimum Gasteiger partial charge on any atom is -0.490 e. The highest BCUT2D eigenvalue weighted by Gasteiger charge is 2.12. The summed E-state index contributed by atoms with van der Waals surface area (Å²) in [5, 5.41) is 4.95. The Balaban J connectivity index is 2.82. The standard InChI is InChI=1S/C14H20N2O4/c1-4-19-11-7-6-10(8-12(11)20-5-2)14(18)16-9-13(17)15-3/h6-8H,4-5,9H2,1-3H3,(H,15,17)(H,16,18). The van der Waals surface area contributed by atoms with E-state index in [1.807, 2.05) is 13.8 Å². The average molecular weight is 280 g/mol. The third-order valence-electron chi connectivity index (χ3n) is 2.49. The lowest BCUT2D eigenvalue weighted by molar-refractivity contribution is -0.119. The molecule has 0 aliphatic rings. The predicted octanol–water partition coefficient (Wildman–Crippen LogP) is 0.960. The van der Waals surface area contributed by atoms with Gasteiger partial charge in [0.15, 0.2) is 11.5 Å². The molecule has 0 aliphatic carbocycles. The topological polar surface area (TPSA) is 76.7 Å². The normalized spacial score (nSPS) is 9.75. The van der Waals surface area contributed by atoms with Gasteiger partial charge in [-0.2, -0.15) is 0 Å². The molecule has 6 heteroatoms. The largest absolute Gasteiger partial charge is 0.490 e. The van der Waals surface area contributed by atoms with Gasteiger partial charge in [-0.15, -0.1) is 0 Å². The summed E-state index contributed by atoms with van der Waals surface area (Å²) in [5.41, 5.74) is 0.417. The van der Waals surface area contributed by atoms with Gasteiger partial charge in [-0.1, -0.05) is 0 Å². The smallest absolute Gasteiger partial charge is 0.251 e. The molecule has 0 aromatic heterocycles. The van der Waals surface area contributed by atoms with Crippen molar-refractivity contribution in [1.29, 1.82) is 0 Å². The summed E-state index contributed by atoms with van der Waals surface area (Å²) in [4.78, 5) is 23.0. The summed E-state index contributed by atoms with van der Waals surface area (Å²) in [6, 6.07) is 4.92. The highest BCUT2D eigenvalue weighted by atomic mass is 16.5. The van der Waals surface area contributed by atoms with E-state index in [-0.39, 0.29) is 18.4 Å². The van der Waals surface area contributed by atoms with Crippen molar-refractivity contribution in [2.45, 2.75) is 13.8 Å². The molecule has 0 saturated heterocycles. The van der Waals surface area contributed by atoms with Gasteiger partial charge in [-0.25, -0.2) is 0 Å². The molecule has 6 nitrogen and oxygen atoms in total. The Morgan fingerprint density at radius 2 is 1.75 bits per heavy atom. The minimum absolute atomic E-state index is 0.0630. The van der Waals surface area contributed by atoms with Crippen molar-refractivity contribution in [2.75, 3.05) is 26.8 Å². The number of amides is 2. The number of benzene rings is 1. The van der Waals surface area contributed by atoms with E-state index in [4.69, 9.17) is 9.47 Å². The SMILES string of the molecule is CCOc1ccc(C(=O)NCC(=O)NC)cc1OCC. The molecule has 0 heterocycles. The van der Waals surface area contributed by atoms with E-state index in [9.17, 15) is 9.59 Å². The fourth-order valence-corrected chi connectivity index (χ4v) is 1.54. The second-order valence-electron chi connectivity index (χ2n) is 3.88. The molecule has 0 bridgehead atoms. The fourth-order valence-electron chi connectivity index (χ4n) is 1.54. The second kappa shape index (κ2) is 8.04. The number of carbonyl (C=O) groups excluding carboxylic acids is 2. The zero-order valence-electron chi connectivity index (χ0n) is 12.0. The van der Waals surface area contributed by atoms with Gasteiger partial charge in [0.05, 0.1) is 19.8 Å². The van der Waals surface area contributed by atoms with Crippen molar-refractivity contribution in [3.63, 3.8) is 0 Å². The maximum atomic E-state index is 11.9. The molecule has 2 N–H and O–H groups in total. The molecule has 1 aromatic carbocycles. The van der Waals surface area contributed by atoms with Crippen molar-refractivity contribution >= 4 is 11.8 Å². The van der Waals surface area contributed by atoms with Gasteiger partial charge in [0.1, 0.15) is 0 Å². The van der Waals surface area contributed by atoms with Gasteiger partial charge >= 0.3 is 0 Å². The van der Waals surface area contributed by atoms with Gasteiger partial charge in [-0.3, -0.25) is 9.59 Å². The first-order valence-electron chi connectivity index (χ1n) is 6.50. The predicted molar refractivity (Wildman–Crippen MR) is 75.2 cm³/mol. The van der Waals surface area contributed by atoms with Crippen LogP contribution in [0.5, 0.6) is 11.5 Å². The number of rotatable bonds is 7. The molecule has 0 saturated carbocycles. The van der Waals surface area contributed by atoms with Crippen LogP contribution in [0, 0.1) is 0 Å². The van der Waals surface area contributed by atoms with E-state index in [0.717, 1.165) is 0 Å². The highest BCUT2D eigenvalue weighted by Crippen LogP contribution is 2.28. The lowest BCUT2D eigenvalue weighted by atomic mass is 10.2. The van der Waals surface area contributed by atoms with Crippen LogP contribution >= 0.6 is 0 Å². The van der Waals surface area contributed by atoms with Crippen LogP contribution in [-0.2, 0) is 4.79 Å². The van der Waals surface area contributed by atoms with E-state index in [0.29, 0.717) is 30.3 Å². The van der Waals surface area contributed by atoms with Crippen LogP contribution in [0.3, 0.4) is 0 Å². The summed E-state index contributed by atoms with van der Waals surface area (Å²) in [6.45, 7) is 4.66. The number of ether oxygens (including phenoxy) is 2. The Bertz CT molecular complexity index is 474. The number of carbonyl (C=O) groups is 2. The second-order valence-corrected chi connectivity index (χ2v) is 3.88. The van der Waals surface area contributed by atoms with E-state index in [1.165, 1.54) is 7.05 Å². The van der Waals surface area contributed by atoms with Crippen molar-refractivity contribution in [3.05, 3.63) is 23.8 Å². The monoisotopic (exact) mass is 280 g/mol. The molecule has 0 spiro atoms. The van der Waals surface area contributed by atoms with E-state index in [1.54, 1.807) is 18.2 Å². The molecular formula is C14H20N2O4. The first-order chi connectivity index (χ1) is 9.62. The average Bonchev–Trinajstić information content (AvgIpc) is 2.46. The molecular weight excluding hydrogens is 260 g/mol. The van der Waals surface area contributed by atoms with E-state index in [2.05, 4.69) is 10.6 Å². The van der Waals surface area contributed by atoms with Gasteiger partial charge in [0.2, 0.25) is 5.91 Å². The Labute approximate surface area is 118 Å². The number of hydrogen-bond acceptors (Lipinski definition) is 4. The van der Waals surface area contributed by atoms with Crippen molar-refractivity contribution in [1.82, 2.24) is 10.6 Å². The lowest BCUT2D eigenvalue weighted by Crippen LogP contribution is -2.35. The Morgan fingerprint density at radius 3 is 2.35 bits per heavy atom. The summed E-state index contributed by atoms with van der Waals surface area (Å²) in [6.07, 6.45) is 0. The number of hydrogen-bond donors (Lipinski definition) is 2. The molecule has 2 amide bonds. The first kappa shape index (κ1) is 15.8. The first-order valence-corrected chi connectivity index (χ1v) is 6.50. The maximum Gasteiger partial charge on any atom is 0.251 e. The highest BCUT2D eigenvalue weighted by molar-refractivity contribution is 5.97. The number of nitrogens with one attached hydrogen (secondary N) is 2. The summed E-state index contributed by atoms with van der Waals surface area (Å²) < 4.78 is 10.9. The van der Waals surface area contributed by atoms with Crippen molar-refractivity contribution < 1.29 is 19.1 Å². The van der Waals surface area contributed by atoms with Crippen LogP contribution in [0.2, 0.25) is 0 Å². The van der Waals surface area contributed by atoms with Crippen LogP contribution in [0.15, 0.2) is 18.2 Å². The van der Waals surface area contributed by atoms with Crippen LogP contribution in [0.25, 0.3) is 0 Å². The molecule has 20 heavy (non-hydrogen) atoms. The quantitative estimate of drug-likeness (QED) is 0.780.